The molecule has 1 aromatic heterocycles. The summed E-state index contributed by atoms with van der Waals surface area (Å²) in [6.07, 6.45) is 0. The molecule has 0 aliphatic carbocycles. The Labute approximate surface area is 97.7 Å². The van der Waals surface area contributed by atoms with Crippen molar-refractivity contribution in [2.24, 2.45) is 0 Å². The van der Waals surface area contributed by atoms with E-state index in [-0.39, 0.29) is 5.78 Å². The van der Waals surface area contributed by atoms with Crippen LogP contribution in [-0.2, 0) is 0 Å². The van der Waals surface area contributed by atoms with Crippen LogP contribution in [0.4, 0.5) is 0 Å². The van der Waals surface area contributed by atoms with Crippen molar-refractivity contribution in [1.82, 2.24) is 4.98 Å². The zero-order valence-corrected chi connectivity index (χ0v) is 9.88. The Morgan fingerprint density at radius 3 is 2.50 bits per heavy atom. The molecule has 82 valence electrons. The van der Waals surface area contributed by atoms with Crippen molar-refractivity contribution in [3.8, 4) is 17.0 Å². The number of aromatic nitrogens is 1. The van der Waals surface area contributed by atoms with Crippen molar-refractivity contribution in [2.75, 3.05) is 7.11 Å². The first-order valence-corrected chi connectivity index (χ1v) is 5.69. The summed E-state index contributed by atoms with van der Waals surface area (Å²) in [4.78, 5) is 15.4. The molecule has 0 N–H and O–H groups in total. The Balaban J connectivity index is 2.31. The van der Waals surface area contributed by atoms with Gasteiger partial charge in [-0.2, -0.15) is 0 Å². The van der Waals surface area contributed by atoms with Gasteiger partial charge in [-0.15, -0.1) is 11.3 Å². The molecule has 0 amide bonds. The highest BCUT2D eigenvalue weighted by molar-refractivity contribution is 7.12. The number of methoxy groups -OCH3 is 1. The summed E-state index contributed by atoms with van der Waals surface area (Å²) in [7, 11) is 1.63. The molecule has 0 aliphatic rings. The van der Waals surface area contributed by atoms with E-state index in [4.69, 9.17) is 4.74 Å². The maximum Gasteiger partial charge on any atom is 0.188 e. The van der Waals surface area contributed by atoms with Crippen molar-refractivity contribution in [3.05, 3.63) is 34.7 Å². The number of ketones is 1. The standard InChI is InChI=1S/C12H11NO2S/c1-8(14)12-13-11(7-16-12)9-3-5-10(15-2)6-4-9/h3-7H,1-2H3. The van der Waals surface area contributed by atoms with E-state index in [1.807, 2.05) is 29.6 Å². The van der Waals surface area contributed by atoms with Crippen LogP contribution in [0.1, 0.15) is 16.7 Å². The Morgan fingerprint density at radius 2 is 2.00 bits per heavy atom. The highest BCUT2D eigenvalue weighted by atomic mass is 32.1. The molecule has 0 spiro atoms. The highest BCUT2D eigenvalue weighted by Crippen LogP contribution is 2.24. The van der Waals surface area contributed by atoms with E-state index in [1.54, 1.807) is 7.11 Å². The van der Waals surface area contributed by atoms with Crippen LogP contribution in [0.3, 0.4) is 0 Å². The minimum Gasteiger partial charge on any atom is -0.497 e. The highest BCUT2D eigenvalue weighted by Gasteiger charge is 2.07. The monoisotopic (exact) mass is 233 g/mol. The molecule has 16 heavy (non-hydrogen) atoms. The summed E-state index contributed by atoms with van der Waals surface area (Å²) in [5.41, 5.74) is 1.82. The summed E-state index contributed by atoms with van der Waals surface area (Å²) in [5.74, 6) is 0.815. The second kappa shape index (κ2) is 4.45. The summed E-state index contributed by atoms with van der Waals surface area (Å²) in [6, 6.07) is 7.61. The Kier molecular flexibility index (Phi) is 3.01. The van der Waals surface area contributed by atoms with Gasteiger partial charge in [-0.25, -0.2) is 4.98 Å². The molecule has 2 aromatic rings. The van der Waals surface area contributed by atoms with Crippen molar-refractivity contribution in [3.63, 3.8) is 0 Å². The molecule has 0 aliphatic heterocycles. The van der Waals surface area contributed by atoms with Gasteiger partial charge in [0.25, 0.3) is 0 Å². The molecule has 3 nitrogen and oxygen atoms in total. The second-order valence-corrected chi connectivity index (χ2v) is 4.18. The van der Waals surface area contributed by atoms with Crippen LogP contribution < -0.4 is 4.74 Å². The molecule has 0 radical (unpaired) electrons. The molecule has 1 aromatic carbocycles. The Bertz CT molecular complexity index is 502. The first kappa shape index (κ1) is 10.8. The smallest absolute Gasteiger partial charge is 0.188 e. The van der Waals surface area contributed by atoms with Crippen molar-refractivity contribution in [2.45, 2.75) is 6.92 Å². The number of carbonyl (C=O) groups excluding carboxylic acids is 1. The summed E-state index contributed by atoms with van der Waals surface area (Å²) in [5, 5.41) is 2.43. The lowest BCUT2D eigenvalue weighted by Gasteiger charge is -2.00. The number of hydrogen-bond donors (Lipinski definition) is 0. The number of hydrogen-bond acceptors (Lipinski definition) is 4. The van der Waals surface area contributed by atoms with E-state index in [0.717, 1.165) is 17.0 Å². The molecule has 0 bridgehead atoms. The predicted molar refractivity (Wildman–Crippen MR) is 64.1 cm³/mol. The lowest BCUT2D eigenvalue weighted by molar-refractivity contribution is 0.101. The molecule has 2 rings (SSSR count). The van der Waals surface area contributed by atoms with E-state index >= 15 is 0 Å². The van der Waals surface area contributed by atoms with Crippen molar-refractivity contribution in [1.29, 1.82) is 0 Å². The quantitative estimate of drug-likeness (QED) is 0.765. The van der Waals surface area contributed by atoms with E-state index in [2.05, 4.69) is 4.98 Å². The van der Waals surface area contributed by atoms with E-state index in [1.165, 1.54) is 18.3 Å². The molecule has 0 saturated heterocycles. The molecule has 0 saturated carbocycles. The van der Waals surface area contributed by atoms with Crippen LogP contribution in [0.5, 0.6) is 5.75 Å². The minimum atomic E-state index is 0.00441. The van der Waals surface area contributed by atoms with Gasteiger partial charge in [0.1, 0.15) is 5.75 Å². The lowest BCUT2D eigenvalue weighted by atomic mass is 10.2. The first-order valence-electron chi connectivity index (χ1n) is 4.81. The summed E-state index contributed by atoms with van der Waals surface area (Å²) >= 11 is 1.37. The SMILES string of the molecule is COc1ccc(-c2csc(C(C)=O)n2)cc1. The number of Topliss-reactive ketones (excluding diaryl/α,β-unsaturated/α-hetero) is 1. The minimum absolute atomic E-state index is 0.00441. The van der Waals surface area contributed by atoms with Crippen LogP contribution in [0.15, 0.2) is 29.6 Å². The Hall–Kier alpha value is -1.68. The average molecular weight is 233 g/mol. The van der Waals surface area contributed by atoms with Gasteiger partial charge < -0.3 is 4.74 Å². The molecule has 1 heterocycles. The van der Waals surface area contributed by atoms with Gasteiger partial charge in [0.2, 0.25) is 0 Å². The van der Waals surface area contributed by atoms with E-state index < -0.39 is 0 Å². The topological polar surface area (TPSA) is 39.2 Å². The average Bonchev–Trinajstić information content (AvgIpc) is 2.78. The fraction of sp³-hybridized carbons (Fsp3) is 0.167. The molecule has 0 unspecified atom stereocenters. The van der Waals surface area contributed by atoms with Crippen molar-refractivity contribution < 1.29 is 9.53 Å². The van der Waals surface area contributed by atoms with Crippen LogP contribution in [0, 0.1) is 0 Å². The molecule has 0 fully saturated rings. The predicted octanol–water partition coefficient (Wildman–Crippen LogP) is 3.02. The van der Waals surface area contributed by atoms with Crippen LogP contribution >= 0.6 is 11.3 Å². The third-order valence-electron chi connectivity index (χ3n) is 2.19. The second-order valence-electron chi connectivity index (χ2n) is 3.32. The Morgan fingerprint density at radius 1 is 1.31 bits per heavy atom. The van der Waals surface area contributed by atoms with Gasteiger partial charge in [0.15, 0.2) is 10.8 Å². The molecule has 0 atom stereocenters. The van der Waals surface area contributed by atoms with Crippen LogP contribution in [-0.4, -0.2) is 17.9 Å². The maximum atomic E-state index is 11.1. The number of rotatable bonds is 3. The van der Waals surface area contributed by atoms with Gasteiger partial charge in [-0.3, -0.25) is 4.79 Å². The van der Waals surface area contributed by atoms with Crippen LogP contribution in [0.2, 0.25) is 0 Å². The molecule has 4 heteroatoms. The number of carbonyl (C=O) groups is 1. The fourth-order valence-corrected chi connectivity index (χ4v) is 2.06. The van der Waals surface area contributed by atoms with E-state index in [0.29, 0.717) is 5.01 Å². The number of thiazole rings is 1. The van der Waals surface area contributed by atoms with E-state index in [9.17, 15) is 4.79 Å². The van der Waals surface area contributed by atoms with Gasteiger partial charge in [-0.1, -0.05) is 0 Å². The number of nitrogens with zero attached hydrogens (tertiary/aromatic N) is 1. The van der Waals surface area contributed by atoms with Gasteiger partial charge in [0, 0.05) is 17.9 Å². The van der Waals surface area contributed by atoms with Gasteiger partial charge >= 0.3 is 0 Å². The third-order valence-corrected chi connectivity index (χ3v) is 3.13. The lowest BCUT2D eigenvalue weighted by Crippen LogP contribution is -1.90. The number of ether oxygens (including phenoxy) is 1. The third kappa shape index (κ3) is 2.12. The van der Waals surface area contributed by atoms with Gasteiger partial charge in [-0.05, 0) is 24.3 Å². The molecular formula is C12H11NO2S. The first-order chi connectivity index (χ1) is 7.70. The number of benzene rings is 1. The largest absolute Gasteiger partial charge is 0.497 e. The molecular weight excluding hydrogens is 222 g/mol. The normalized spacial score (nSPS) is 10.1. The maximum absolute atomic E-state index is 11.1. The van der Waals surface area contributed by atoms with Gasteiger partial charge in [0.05, 0.1) is 12.8 Å². The fourth-order valence-electron chi connectivity index (χ4n) is 1.33. The zero-order chi connectivity index (χ0) is 11.5. The summed E-state index contributed by atoms with van der Waals surface area (Å²) < 4.78 is 5.08. The zero-order valence-electron chi connectivity index (χ0n) is 9.06. The van der Waals surface area contributed by atoms with Crippen molar-refractivity contribution >= 4 is 17.1 Å². The summed E-state index contributed by atoms with van der Waals surface area (Å²) in [6.45, 7) is 1.52. The van der Waals surface area contributed by atoms with Crippen LogP contribution in [0.25, 0.3) is 11.3 Å².